The van der Waals surface area contributed by atoms with Gasteiger partial charge in [0.15, 0.2) is 0 Å². The van der Waals surface area contributed by atoms with Crippen molar-refractivity contribution in [3.63, 3.8) is 0 Å². The molecule has 0 amide bonds. The molecule has 15 heavy (non-hydrogen) atoms. The van der Waals surface area contributed by atoms with Gasteiger partial charge in [0.2, 0.25) is 5.78 Å². The lowest BCUT2D eigenvalue weighted by Crippen LogP contribution is -1.98. The van der Waals surface area contributed by atoms with E-state index in [9.17, 15) is 4.79 Å². The zero-order valence-corrected chi connectivity index (χ0v) is 11.5. The van der Waals surface area contributed by atoms with Crippen LogP contribution in [0.3, 0.4) is 0 Å². The molecule has 0 unspecified atom stereocenters. The predicted molar refractivity (Wildman–Crippen MR) is 69.6 cm³/mol. The molecule has 0 spiro atoms. The number of hydrogen-bond acceptors (Lipinski definition) is 2. The Kier molecular flexibility index (Phi) is 3.38. The first-order valence-corrected chi connectivity index (χ1v) is 6.63. The van der Waals surface area contributed by atoms with Gasteiger partial charge in [0.25, 0.3) is 0 Å². The summed E-state index contributed by atoms with van der Waals surface area (Å²) >= 11 is 8.16. The van der Waals surface area contributed by atoms with Gasteiger partial charge in [0.1, 0.15) is 0 Å². The SMILES string of the molecule is O=C(c1ccc(Br)s1)c1ccccc1Br. The molecule has 0 aliphatic rings. The number of carbonyl (C=O) groups is 1. The van der Waals surface area contributed by atoms with E-state index in [4.69, 9.17) is 0 Å². The Morgan fingerprint density at radius 2 is 1.80 bits per heavy atom. The zero-order valence-electron chi connectivity index (χ0n) is 7.54. The van der Waals surface area contributed by atoms with Gasteiger partial charge >= 0.3 is 0 Å². The molecule has 0 aliphatic heterocycles. The van der Waals surface area contributed by atoms with Gasteiger partial charge in [-0.2, -0.15) is 0 Å². The molecular weight excluding hydrogens is 340 g/mol. The summed E-state index contributed by atoms with van der Waals surface area (Å²) in [5.74, 6) is 0.0539. The molecule has 0 saturated carbocycles. The van der Waals surface area contributed by atoms with Crippen LogP contribution in [0.5, 0.6) is 0 Å². The molecule has 0 fully saturated rings. The minimum atomic E-state index is 0.0539. The summed E-state index contributed by atoms with van der Waals surface area (Å²) in [7, 11) is 0. The average molecular weight is 346 g/mol. The van der Waals surface area contributed by atoms with Gasteiger partial charge in [-0.15, -0.1) is 11.3 Å². The third kappa shape index (κ3) is 2.38. The van der Waals surface area contributed by atoms with E-state index in [1.807, 2.05) is 36.4 Å². The van der Waals surface area contributed by atoms with Crippen molar-refractivity contribution in [1.29, 1.82) is 0 Å². The summed E-state index contributed by atoms with van der Waals surface area (Å²) in [6.45, 7) is 0. The van der Waals surface area contributed by atoms with Crippen LogP contribution in [0.4, 0.5) is 0 Å². The maximum atomic E-state index is 12.0. The molecular formula is C11H6Br2OS. The molecule has 76 valence electrons. The molecule has 2 aromatic rings. The van der Waals surface area contributed by atoms with Crippen LogP contribution in [0.15, 0.2) is 44.7 Å². The Morgan fingerprint density at radius 3 is 2.40 bits per heavy atom. The van der Waals surface area contributed by atoms with E-state index in [2.05, 4.69) is 31.9 Å². The minimum Gasteiger partial charge on any atom is -0.288 e. The van der Waals surface area contributed by atoms with E-state index in [1.54, 1.807) is 0 Å². The highest BCUT2D eigenvalue weighted by Gasteiger charge is 2.13. The standard InChI is InChI=1S/C11H6Br2OS/c12-8-4-2-1-3-7(8)11(14)9-5-6-10(13)15-9/h1-6H. The van der Waals surface area contributed by atoms with Crippen LogP contribution in [0.1, 0.15) is 15.2 Å². The molecule has 4 heteroatoms. The van der Waals surface area contributed by atoms with E-state index >= 15 is 0 Å². The lowest BCUT2D eigenvalue weighted by atomic mass is 10.1. The van der Waals surface area contributed by atoms with Gasteiger partial charge in [0, 0.05) is 10.0 Å². The predicted octanol–water partition coefficient (Wildman–Crippen LogP) is 4.50. The first kappa shape index (κ1) is 11.0. The summed E-state index contributed by atoms with van der Waals surface area (Å²) in [4.78, 5) is 12.8. The summed E-state index contributed by atoms with van der Waals surface area (Å²) in [5, 5.41) is 0. The van der Waals surface area contributed by atoms with Crippen LogP contribution in [-0.2, 0) is 0 Å². The number of rotatable bonds is 2. The highest BCUT2D eigenvalue weighted by molar-refractivity contribution is 9.11. The molecule has 0 radical (unpaired) electrons. The largest absolute Gasteiger partial charge is 0.288 e. The Balaban J connectivity index is 2.41. The van der Waals surface area contributed by atoms with E-state index in [-0.39, 0.29) is 5.78 Å². The first-order valence-electron chi connectivity index (χ1n) is 4.23. The summed E-state index contributed by atoms with van der Waals surface area (Å²) in [5.41, 5.74) is 0.701. The van der Waals surface area contributed by atoms with Crippen LogP contribution in [0.2, 0.25) is 0 Å². The van der Waals surface area contributed by atoms with Gasteiger partial charge in [-0.3, -0.25) is 4.79 Å². The van der Waals surface area contributed by atoms with Crippen molar-refractivity contribution in [2.24, 2.45) is 0 Å². The first-order chi connectivity index (χ1) is 7.18. The van der Waals surface area contributed by atoms with Gasteiger partial charge < -0.3 is 0 Å². The fourth-order valence-corrected chi connectivity index (χ4v) is 3.02. The third-order valence-electron chi connectivity index (χ3n) is 1.92. The number of carbonyl (C=O) groups excluding carboxylic acids is 1. The second-order valence-corrected chi connectivity index (χ2v) is 6.23. The zero-order chi connectivity index (χ0) is 10.8. The molecule has 0 bridgehead atoms. The molecule has 1 heterocycles. The van der Waals surface area contributed by atoms with Crippen molar-refractivity contribution in [3.8, 4) is 0 Å². The van der Waals surface area contributed by atoms with Gasteiger partial charge in [-0.1, -0.05) is 28.1 Å². The number of ketones is 1. The molecule has 0 N–H and O–H groups in total. The molecule has 0 aliphatic carbocycles. The average Bonchev–Trinajstić information content (AvgIpc) is 2.65. The second kappa shape index (κ2) is 4.60. The summed E-state index contributed by atoms with van der Waals surface area (Å²) in [6.07, 6.45) is 0. The second-order valence-electron chi connectivity index (χ2n) is 2.91. The van der Waals surface area contributed by atoms with Crippen LogP contribution >= 0.6 is 43.2 Å². The van der Waals surface area contributed by atoms with Crippen LogP contribution in [0, 0.1) is 0 Å². The quantitative estimate of drug-likeness (QED) is 0.732. The number of thiophene rings is 1. The maximum Gasteiger partial charge on any atom is 0.204 e. The number of hydrogen-bond donors (Lipinski definition) is 0. The van der Waals surface area contributed by atoms with Gasteiger partial charge in [-0.05, 0) is 40.2 Å². The molecule has 1 nitrogen and oxygen atoms in total. The Labute approximate surface area is 108 Å². The molecule has 0 atom stereocenters. The lowest BCUT2D eigenvalue weighted by molar-refractivity contribution is 0.104. The maximum absolute atomic E-state index is 12.0. The molecule has 1 aromatic heterocycles. The fourth-order valence-electron chi connectivity index (χ4n) is 1.21. The molecule has 1 aromatic carbocycles. The van der Waals surface area contributed by atoms with Crippen molar-refractivity contribution in [3.05, 3.63) is 55.1 Å². The van der Waals surface area contributed by atoms with E-state index in [1.165, 1.54) is 11.3 Å². The molecule has 0 saturated heterocycles. The Morgan fingerprint density at radius 1 is 1.07 bits per heavy atom. The van der Waals surface area contributed by atoms with Crippen LogP contribution in [0.25, 0.3) is 0 Å². The van der Waals surface area contributed by atoms with Crippen molar-refractivity contribution >= 4 is 49.0 Å². The smallest absolute Gasteiger partial charge is 0.204 e. The number of benzene rings is 1. The van der Waals surface area contributed by atoms with Crippen molar-refractivity contribution < 1.29 is 4.79 Å². The fraction of sp³-hybridized carbons (Fsp3) is 0. The Bertz CT molecular complexity index is 505. The van der Waals surface area contributed by atoms with Gasteiger partial charge in [-0.25, -0.2) is 0 Å². The van der Waals surface area contributed by atoms with E-state index in [0.29, 0.717) is 5.56 Å². The number of halogens is 2. The highest BCUT2D eigenvalue weighted by atomic mass is 79.9. The Hall–Kier alpha value is -0.450. The monoisotopic (exact) mass is 344 g/mol. The van der Waals surface area contributed by atoms with Crippen molar-refractivity contribution in [2.75, 3.05) is 0 Å². The van der Waals surface area contributed by atoms with Crippen molar-refractivity contribution in [2.45, 2.75) is 0 Å². The third-order valence-corrected chi connectivity index (χ3v) is 4.23. The van der Waals surface area contributed by atoms with Gasteiger partial charge in [0.05, 0.1) is 8.66 Å². The normalized spacial score (nSPS) is 10.3. The lowest BCUT2D eigenvalue weighted by Gasteiger charge is -2.00. The van der Waals surface area contributed by atoms with Crippen LogP contribution in [-0.4, -0.2) is 5.78 Å². The van der Waals surface area contributed by atoms with E-state index in [0.717, 1.165) is 13.1 Å². The molecule has 2 rings (SSSR count). The summed E-state index contributed by atoms with van der Waals surface area (Å²) < 4.78 is 1.80. The minimum absolute atomic E-state index is 0.0539. The van der Waals surface area contributed by atoms with E-state index < -0.39 is 0 Å². The van der Waals surface area contributed by atoms with Crippen molar-refractivity contribution in [1.82, 2.24) is 0 Å². The summed E-state index contributed by atoms with van der Waals surface area (Å²) in [6, 6.07) is 11.2. The topological polar surface area (TPSA) is 17.1 Å². The highest BCUT2D eigenvalue weighted by Crippen LogP contribution is 2.26. The van der Waals surface area contributed by atoms with Crippen LogP contribution < -0.4 is 0 Å².